The molecular weight excluding hydrogens is 477 g/mol. The van der Waals surface area contributed by atoms with E-state index >= 15 is 0 Å². The third-order valence-electron chi connectivity index (χ3n) is 6.63. The van der Waals surface area contributed by atoms with Crippen molar-refractivity contribution in [3.8, 4) is 0 Å². The molecule has 1 aliphatic carbocycles. The molecule has 9 nitrogen and oxygen atoms in total. The van der Waals surface area contributed by atoms with E-state index in [1.807, 2.05) is 0 Å². The van der Waals surface area contributed by atoms with Crippen LogP contribution in [0, 0.1) is 5.82 Å². The molecule has 1 aromatic carbocycles. The van der Waals surface area contributed by atoms with Crippen molar-refractivity contribution < 1.29 is 31.6 Å². The number of ketones is 1. The van der Waals surface area contributed by atoms with Crippen molar-refractivity contribution in [2.75, 3.05) is 24.2 Å². The van der Waals surface area contributed by atoms with E-state index in [0.717, 1.165) is 31.6 Å². The molecule has 35 heavy (non-hydrogen) atoms. The second-order valence-electron chi connectivity index (χ2n) is 9.14. The minimum Gasteiger partial charge on any atom is -0.459 e. The number of hydrogen-bond donors (Lipinski definition) is 2. The molecule has 0 spiro atoms. The number of hydrogen-bond acceptors (Lipinski definition) is 7. The van der Waals surface area contributed by atoms with Crippen LogP contribution in [-0.4, -0.2) is 56.9 Å². The topological polar surface area (TPSA) is 126 Å². The zero-order valence-corrected chi connectivity index (χ0v) is 20.2. The highest BCUT2D eigenvalue weighted by Gasteiger charge is 2.43. The maximum Gasteiger partial charge on any atom is 0.287 e. The lowest BCUT2D eigenvalue weighted by atomic mass is 9.80. The maximum atomic E-state index is 14.3. The summed E-state index contributed by atoms with van der Waals surface area (Å²) >= 11 is 0. The number of nitrogens with zero attached hydrogens (tertiary/aromatic N) is 1. The monoisotopic (exact) mass is 505 g/mol. The van der Waals surface area contributed by atoms with Gasteiger partial charge in [0, 0.05) is 12.8 Å². The minimum atomic E-state index is -3.86. The molecule has 0 bridgehead atoms. The van der Waals surface area contributed by atoms with Crippen molar-refractivity contribution >= 4 is 33.1 Å². The smallest absolute Gasteiger partial charge is 0.287 e. The van der Waals surface area contributed by atoms with E-state index in [-0.39, 0.29) is 36.7 Å². The molecule has 1 unspecified atom stereocenters. The van der Waals surface area contributed by atoms with Crippen LogP contribution >= 0.6 is 0 Å². The molecule has 1 atom stereocenters. The van der Waals surface area contributed by atoms with Crippen molar-refractivity contribution in [1.29, 1.82) is 0 Å². The van der Waals surface area contributed by atoms with Crippen molar-refractivity contribution in [2.45, 2.75) is 55.0 Å². The number of piperidine rings is 1. The van der Waals surface area contributed by atoms with Crippen LogP contribution in [0.15, 0.2) is 45.9 Å². The molecule has 2 fully saturated rings. The van der Waals surface area contributed by atoms with Crippen LogP contribution in [-0.2, 0) is 19.4 Å². The molecule has 2 N–H and O–H groups in total. The summed E-state index contributed by atoms with van der Waals surface area (Å²) < 4.78 is 43.7. The first-order valence-electron chi connectivity index (χ1n) is 11.5. The van der Waals surface area contributed by atoms with Crippen LogP contribution in [0.5, 0.6) is 0 Å². The van der Waals surface area contributed by atoms with Gasteiger partial charge in [-0.2, -0.15) is 0 Å². The van der Waals surface area contributed by atoms with Crippen LogP contribution in [0.2, 0.25) is 0 Å². The third-order valence-corrected chi connectivity index (χ3v) is 7.77. The Morgan fingerprint density at radius 1 is 1.14 bits per heavy atom. The number of amides is 2. The fourth-order valence-corrected chi connectivity index (χ4v) is 5.84. The number of halogens is 1. The quantitative estimate of drug-likeness (QED) is 0.617. The molecule has 2 aliphatic rings. The second kappa shape index (κ2) is 9.80. The van der Waals surface area contributed by atoms with Crippen molar-refractivity contribution in [2.24, 2.45) is 0 Å². The van der Waals surface area contributed by atoms with Crippen LogP contribution in [0.25, 0.3) is 0 Å². The SMILES string of the molecule is CS(=O)(=O)c1c(F)cccc1N1CCC(NC(=O)C2(NC(=O)c3ccco3)CCCCC2)C(=O)C1. The Hall–Kier alpha value is -3.21. The molecule has 1 saturated carbocycles. The normalized spacial score (nSPS) is 20.3. The number of furan rings is 1. The Balaban J connectivity index is 1.48. The van der Waals surface area contributed by atoms with Crippen LogP contribution in [0.1, 0.15) is 49.1 Å². The first-order valence-corrected chi connectivity index (χ1v) is 13.4. The summed E-state index contributed by atoms with van der Waals surface area (Å²) in [5.41, 5.74) is -1.02. The summed E-state index contributed by atoms with van der Waals surface area (Å²) in [7, 11) is -3.86. The number of sulfone groups is 1. The van der Waals surface area contributed by atoms with Crippen molar-refractivity contribution in [3.05, 3.63) is 48.2 Å². The Labute approximate surface area is 203 Å². The van der Waals surface area contributed by atoms with Gasteiger partial charge in [-0.15, -0.1) is 0 Å². The van der Waals surface area contributed by atoms with Gasteiger partial charge < -0.3 is 20.0 Å². The number of carbonyl (C=O) groups excluding carboxylic acids is 3. The molecule has 11 heteroatoms. The van der Waals surface area contributed by atoms with E-state index < -0.39 is 43.9 Å². The van der Waals surface area contributed by atoms with E-state index in [1.54, 1.807) is 6.07 Å². The number of Topliss-reactive ketones (excluding diaryl/α,β-unsaturated/α-hetero) is 1. The van der Waals surface area contributed by atoms with Gasteiger partial charge in [-0.3, -0.25) is 14.4 Å². The van der Waals surface area contributed by atoms with Crippen LogP contribution < -0.4 is 15.5 Å². The van der Waals surface area contributed by atoms with E-state index in [2.05, 4.69) is 10.6 Å². The summed E-state index contributed by atoms with van der Waals surface area (Å²) in [5.74, 6) is -2.01. The van der Waals surface area contributed by atoms with Gasteiger partial charge in [0.1, 0.15) is 16.3 Å². The molecule has 2 aromatic rings. The summed E-state index contributed by atoms with van der Waals surface area (Å²) in [5, 5.41) is 5.63. The first kappa shape index (κ1) is 24.9. The minimum absolute atomic E-state index is 0.101. The molecule has 1 aromatic heterocycles. The summed E-state index contributed by atoms with van der Waals surface area (Å²) in [4.78, 5) is 40.0. The second-order valence-corrected chi connectivity index (χ2v) is 11.1. The van der Waals surface area contributed by atoms with E-state index in [4.69, 9.17) is 4.42 Å². The lowest BCUT2D eigenvalue weighted by molar-refractivity contribution is -0.133. The number of benzene rings is 1. The maximum absolute atomic E-state index is 14.3. The molecule has 2 heterocycles. The summed E-state index contributed by atoms with van der Waals surface area (Å²) in [6.45, 7) is 0.0666. The third kappa shape index (κ3) is 5.24. The Morgan fingerprint density at radius 3 is 2.51 bits per heavy atom. The predicted octanol–water partition coefficient (Wildman–Crippen LogP) is 2.22. The van der Waals surface area contributed by atoms with Crippen molar-refractivity contribution in [1.82, 2.24) is 10.6 Å². The van der Waals surface area contributed by atoms with E-state index in [0.29, 0.717) is 12.8 Å². The zero-order valence-electron chi connectivity index (χ0n) is 19.4. The highest BCUT2D eigenvalue weighted by Crippen LogP contribution is 2.31. The largest absolute Gasteiger partial charge is 0.459 e. The number of rotatable bonds is 6. The fraction of sp³-hybridized carbons (Fsp3) is 0.458. The summed E-state index contributed by atoms with van der Waals surface area (Å²) in [6.07, 6.45) is 5.86. The molecule has 188 valence electrons. The lowest BCUT2D eigenvalue weighted by Crippen LogP contribution is -2.63. The van der Waals surface area contributed by atoms with Gasteiger partial charge in [0.05, 0.1) is 24.5 Å². The van der Waals surface area contributed by atoms with Gasteiger partial charge in [0.15, 0.2) is 21.4 Å². The molecular formula is C24H28FN3O6S. The van der Waals surface area contributed by atoms with Gasteiger partial charge >= 0.3 is 0 Å². The Kier molecular flexibility index (Phi) is 6.98. The molecule has 4 rings (SSSR count). The molecule has 0 radical (unpaired) electrons. The Bertz CT molecular complexity index is 1220. The van der Waals surface area contributed by atoms with Gasteiger partial charge in [-0.05, 0) is 43.5 Å². The molecule has 2 amide bonds. The van der Waals surface area contributed by atoms with Crippen molar-refractivity contribution in [3.63, 3.8) is 0 Å². The fourth-order valence-electron chi connectivity index (χ4n) is 4.84. The molecule has 1 saturated heterocycles. The first-order chi connectivity index (χ1) is 16.6. The Morgan fingerprint density at radius 2 is 1.89 bits per heavy atom. The number of nitrogens with one attached hydrogen (secondary N) is 2. The highest BCUT2D eigenvalue weighted by atomic mass is 32.2. The lowest BCUT2D eigenvalue weighted by Gasteiger charge is -2.39. The highest BCUT2D eigenvalue weighted by molar-refractivity contribution is 7.90. The van der Waals surface area contributed by atoms with Gasteiger partial charge in [0.2, 0.25) is 5.91 Å². The van der Waals surface area contributed by atoms with Crippen LogP contribution in [0.3, 0.4) is 0 Å². The van der Waals surface area contributed by atoms with Gasteiger partial charge in [-0.1, -0.05) is 25.3 Å². The summed E-state index contributed by atoms with van der Waals surface area (Å²) in [6, 6.07) is 6.23. The standard InChI is InChI=1S/C24H28FN3O6S/c1-35(32,33)21-16(25)7-5-8-18(21)28-13-10-17(19(29)15-28)26-23(31)24(11-3-2-4-12-24)27-22(30)20-9-6-14-34-20/h5-9,14,17H,2-4,10-13,15H2,1H3,(H,26,31)(H,27,30). The number of anilines is 1. The number of carbonyl (C=O) groups is 3. The van der Waals surface area contributed by atoms with Crippen LogP contribution in [0.4, 0.5) is 10.1 Å². The average molecular weight is 506 g/mol. The van der Waals surface area contributed by atoms with E-state index in [1.165, 1.54) is 29.4 Å². The van der Waals surface area contributed by atoms with Gasteiger partial charge in [0.25, 0.3) is 5.91 Å². The van der Waals surface area contributed by atoms with E-state index in [9.17, 15) is 27.2 Å². The average Bonchev–Trinajstić information content (AvgIpc) is 3.35. The predicted molar refractivity (Wildman–Crippen MR) is 125 cm³/mol. The van der Waals surface area contributed by atoms with Gasteiger partial charge in [-0.25, -0.2) is 12.8 Å². The molecule has 1 aliphatic heterocycles. The zero-order chi connectivity index (χ0) is 25.2.